The number of aromatic amines is 1. The van der Waals surface area contributed by atoms with Crippen LogP contribution in [-0.4, -0.2) is 66.2 Å². The average molecular weight is 494 g/mol. The van der Waals surface area contributed by atoms with E-state index in [2.05, 4.69) is 74.8 Å². The number of carbonyl (C=O) groups is 1. The molecule has 1 spiro atoms. The number of carbonyl (C=O) groups excluding carboxylic acids is 1. The van der Waals surface area contributed by atoms with E-state index in [1.807, 2.05) is 18.2 Å². The smallest absolute Gasteiger partial charge is 0.235 e. The van der Waals surface area contributed by atoms with Crippen LogP contribution in [0.4, 0.5) is 5.69 Å². The molecule has 7 rings (SSSR count). The molecule has 1 saturated carbocycles. The normalized spacial score (nSPS) is 23.4. The number of hydrogen-bond donors (Lipinski definition) is 2. The molecule has 2 fully saturated rings. The Hall–Kier alpha value is -3.68. The molecule has 2 atom stereocenters. The minimum atomic E-state index is -0.500. The molecule has 3 aliphatic rings. The second-order valence-corrected chi connectivity index (χ2v) is 10.7. The van der Waals surface area contributed by atoms with E-state index in [0.717, 1.165) is 83.9 Å². The van der Waals surface area contributed by atoms with E-state index in [1.54, 1.807) is 7.11 Å². The summed E-state index contributed by atoms with van der Waals surface area (Å²) >= 11 is 0. The zero-order valence-electron chi connectivity index (χ0n) is 21.3. The summed E-state index contributed by atoms with van der Waals surface area (Å²) in [7, 11) is 3.85. The summed E-state index contributed by atoms with van der Waals surface area (Å²) in [6.45, 7) is 5.49. The van der Waals surface area contributed by atoms with Crippen LogP contribution in [0.15, 0.2) is 60.7 Å². The molecule has 0 bridgehead atoms. The van der Waals surface area contributed by atoms with Crippen LogP contribution in [0.5, 0.6) is 5.75 Å². The van der Waals surface area contributed by atoms with Crippen molar-refractivity contribution in [3.05, 3.63) is 77.4 Å². The van der Waals surface area contributed by atoms with E-state index in [9.17, 15) is 4.79 Å². The molecule has 7 heteroatoms. The van der Waals surface area contributed by atoms with Crippen molar-refractivity contribution in [2.75, 3.05) is 45.7 Å². The van der Waals surface area contributed by atoms with Crippen LogP contribution < -0.4 is 10.1 Å². The van der Waals surface area contributed by atoms with Gasteiger partial charge in [0.1, 0.15) is 5.75 Å². The number of aromatic nitrogens is 2. The number of anilines is 1. The first-order chi connectivity index (χ1) is 18.0. The Morgan fingerprint density at radius 1 is 1.03 bits per heavy atom. The predicted octanol–water partition coefficient (Wildman–Crippen LogP) is 4.36. The highest BCUT2D eigenvalue weighted by Gasteiger charge is 2.65. The maximum absolute atomic E-state index is 13.0. The highest BCUT2D eigenvalue weighted by atomic mass is 16.5. The van der Waals surface area contributed by atoms with Crippen LogP contribution in [0.3, 0.4) is 0 Å². The molecular weight excluding hydrogens is 462 g/mol. The van der Waals surface area contributed by atoms with E-state index >= 15 is 0 Å². The number of piperazine rings is 1. The minimum Gasteiger partial charge on any atom is -0.497 e. The minimum absolute atomic E-state index is 0.0859. The fourth-order valence-corrected chi connectivity index (χ4v) is 6.20. The van der Waals surface area contributed by atoms with E-state index in [4.69, 9.17) is 4.74 Å². The Kier molecular flexibility index (Phi) is 5.13. The molecule has 0 radical (unpaired) electrons. The van der Waals surface area contributed by atoms with Gasteiger partial charge in [-0.05, 0) is 54.4 Å². The lowest BCUT2D eigenvalue weighted by atomic mass is 9.91. The Labute approximate surface area is 216 Å². The van der Waals surface area contributed by atoms with Gasteiger partial charge < -0.3 is 15.0 Å². The molecule has 2 N–H and O–H groups in total. The van der Waals surface area contributed by atoms with Crippen molar-refractivity contribution in [1.82, 2.24) is 20.0 Å². The summed E-state index contributed by atoms with van der Waals surface area (Å²) in [6.07, 6.45) is 0.806. The average Bonchev–Trinajstić information content (AvgIpc) is 3.45. The van der Waals surface area contributed by atoms with E-state index in [-0.39, 0.29) is 11.8 Å². The van der Waals surface area contributed by atoms with Gasteiger partial charge in [-0.15, -0.1) is 0 Å². The van der Waals surface area contributed by atoms with Crippen LogP contribution >= 0.6 is 0 Å². The van der Waals surface area contributed by atoms with Crippen LogP contribution in [-0.2, 0) is 16.8 Å². The summed E-state index contributed by atoms with van der Waals surface area (Å²) in [5, 5.41) is 12.1. The lowest BCUT2D eigenvalue weighted by Gasteiger charge is -2.32. The number of nitrogens with one attached hydrogen (secondary N) is 2. The number of hydrogen-bond acceptors (Lipinski definition) is 5. The second kappa shape index (κ2) is 8.43. The number of rotatable bonds is 5. The monoisotopic (exact) mass is 493 g/mol. The fraction of sp³-hybridized carbons (Fsp3) is 0.333. The van der Waals surface area contributed by atoms with E-state index in [1.165, 1.54) is 5.56 Å². The lowest BCUT2D eigenvalue weighted by Crippen LogP contribution is -2.43. The van der Waals surface area contributed by atoms with Crippen molar-refractivity contribution < 1.29 is 9.53 Å². The number of fused-ring (bicyclic) bond motifs is 3. The van der Waals surface area contributed by atoms with Crippen molar-refractivity contribution in [1.29, 1.82) is 0 Å². The summed E-state index contributed by atoms with van der Waals surface area (Å²) in [5.41, 5.74) is 7.02. The number of nitrogens with zero attached hydrogens (tertiary/aromatic N) is 3. The molecule has 7 nitrogen and oxygen atoms in total. The molecule has 37 heavy (non-hydrogen) atoms. The number of benzene rings is 3. The largest absolute Gasteiger partial charge is 0.497 e. The van der Waals surface area contributed by atoms with Crippen molar-refractivity contribution in [2.45, 2.75) is 24.3 Å². The third-order valence-corrected chi connectivity index (χ3v) is 8.54. The van der Waals surface area contributed by atoms with Crippen LogP contribution in [0, 0.1) is 0 Å². The quantitative estimate of drug-likeness (QED) is 0.432. The second-order valence-electron chi connectivity index (χ2n) is 10.7. The number of amides is 1. The molecule has 1 amide bonds. The Morgan fingerprint density at radius 3 is 2.62 bits per heavy atom. The maximum Gasteiger partial charge on any atom is 0.235 e. The SMILES string of the molecule is COc1ccc2c(c1)[C@]1(C[C@H]1c1ccc3c(-c4ccc(CN5CCN(C)CC5)cc4)n[nH]c3c1)C(=O)N2. The Bertz CT molecular complexity index is 1500. The van der Waals surface area contributed by atoms with Gasteiger partial charge in [0, 0.05) is 55.3 Å². The zero-order valence-corrected chi connectivity index (χ0v) is 21.3. The summed E-state index contributed by atoms with van der Waals surface area (Å²) in [5.74, 6) is 1.01. The van der Waals surface area contributed by atoms with Crippen LogP contribution in [0.2, 0.25) is 0 Å². The van der Waals surface area contributed by atoms with Crippen molar-refractivity contribution >= 4 is 22.5 Å². The highest BCUT2D eigenvalue weighted by Crippen LogP contribution is 2.65. The van der Waals surface area contributed by atoms with Gasteiger partial charge in [0.05, 0.1) is 23.7 Å². The molecule has 2 aliphatic heterocycles. The topological polar surface area (TPSA) is 73.5 Å². The fourth-order valence-electron chi connectivity index (χ4n) is 6.20. The highest BCUT2D eigenvalue weighted by molar-refractivity contribution is 6.10. The van der Waals surface area contributed by atoms with Gasteiger partial charge in [-0.2, -0.15) is 5.10 Å². The lowest BCUT2D eigenvalue weighted by molar-refractivity contribution is -0.118. The summed E-state index contributed by atoms with van der Waals surface area (Å²) < 4.78 is 5.43. The van der Waals surface area contributed by atoms with Crippen LogP contribution in [0.1, 0.15) is 29.0 Å². The van der Waals surface area contributed by atoms with E-state index < -0.39 is 5.41 Å². The Morgan fingerprint density at radius 2 is 1.84 bits per heavy atom. The zero-order chi connectivity index (χ0) is 25.1. The molecule has 0 unspecified atom stereocenters. The van der Waals surface area contributed by atoms with Gasteiger partial charge in [0.2, 0.25) is 5.91 Å². The third-order valence-electron chi connectivity index (χ3n) is 8.54. The predicted molar refractivity (Wildman–Crippen MR) is 145 cm³/mol. The summed E-state index contributed by atoms with van der Waals surface area (Å²) in [4.78, 5) is 17.9. The van der Waals surface area contributed by atoms with Crippen molar-refractivity contribution in [3.8, 4) is 17.0 Å². The molecule has 3 aromatic carbocycles. The molecule has 1 aromatic heterocycles. The molecule has 188 valence electrons. The Balaban J connectivity index is 1.12. The van der Waals surface area contributed by atoms with Gasteiger partial charge in [-0.25, -0.2) is 0 Å². The number of methoxy groups -OCH3 is 1. The first-order valence-corrected chi connectivity index (χ1v) is 13.0. The van der Waals surface area contributed by atoms with Gasteiger partial charge in [0.15, 0.2) is 0 Å². The molecule has 4 aromatic rings. The third kappa shape index (κ3) is 3.64. The van der Waals surface area contributed by atoms with Gasteiger partial charge in [-0.1, -0.05) is 36.4 Å². The van der Waals surface area contributed by atoms with Crippen molar-refractivity contribution in [2.24, 2.45) is 0 Å². The first kappa shape index (κ1) is 22.5. The van der Waals surface area contributed by atoms with Gasteiger partial charge >= 0.3 is 0 Å². The summed E-state index contributed by atoms with van der Waals surface area (Å²) in [6, 6.07) is 21.1. The van der Waals surface area contributed by atoms with Gasteiger partial charge in [-0.3, -0.25) is 14.8 Å². The number of H-pyrrole nitrogens is 1. The van der Waals surface area contributed by atoms with Gasteiger partial charge in [0.25, 0.3) is 0 Å². The van der Waals surface area contributed by atoms with E-state index in [0.29, 0.717) is 0 Å². The molecule has 3 heterocycles. The first-order valence-electron chi connectivity index (χ1n) is 13.0. The molecule has 1 aliphatic carbocycles. The number of ether oxygens (including phenoxy) is 1. The molecular formula is C30H31N5O2. The van der Waals surface area contributed by atoms with Crippen LogP contribution in [0.25, 0.3) is 22.2 Å². The number of likely N-dealkylation sites (N-methyl/N-ethyl adjacent to an activating group) is 1. The van der Waals surface area contributed by atoms with Crippen molar-refractivity contribution in [3.63, 3.8) is 0 Å². The molecule has 1 saturated heterocycles. The maximum atomic E-state index is 13.0. The standard InChI is InChI=1S/C30H31N5O2/c1-34-11-13-35(14-12-34)18-19-3-5-20(6-4-19)28-23-9-7-21(15-27(23)32-33-28)25-17-30(25)24-16-22(37-2)8-10-26(24)31-29(30)36/h3-10,15-16,25H,11-14,17-18H2,1-2H3,(H,31,36)(H,32,33)/t25-,30-/m0/s1.